The van der Waals surface area contributed by atoms with E-state index in [4.69, 9.17) is 16.7 Å². The normalized spacial score (nSPS) is 12.2. The van der Waals surface area contributed by atoms with Crippen LogP contribution in [0.2, 0.25) is 5.02 Å². The topological polar surface area (TPSA) is 92.5 Å². The number of hydrogen-bond acceptors (Lipinski definition) is 4. The van der Waals surface area contributed by atoms with E-state index in [1.54, 1.807) is 0 Å². The Morgan fingerprint density at radius 2 is 2.16 bits per heavy atom. The molecule has 0 spiro atoms. The molecule has 2 N–H and O–H groups in total. The zero-order chi connectivity index (χ0) is 14.6. The minimum absolute atomic E-state index is 0.153. The Balaban J connectivity index is 3.02. The fourth-order valence-electron chi connectivity index (χ4n) is 1.66. The number of carbonyl (C=O) groups is 1. The van der Waals surface area contributed by atoms with Crippen LogP contribution in [0.4, 0.5) is 11.4 Å². The second-order valence-electron chi connectivity index (χ2n) is 4.58. The average molecular weight is 287 g/mol. The van der Waals surface area contributed by atoms with Gasteiger partial charge in [0.05, 0.1) is 4.92 Å². The number of nitro groups is 1. The zero-order valence-corrected chi connectivity index (χ0v) is 11.3. The average Bonchev–Trinajstić information content (AvgIpc) is 2.29. The van der Waals surface area contributed by atoms with E-state index < -0.39 is 16.9 Å². The van der Waals surface area contributed by atoms with Gasteiger partial charge in [-0.15, -0.1) is 0 Å². The van der Waals surface area contributed by atoms with E-state index in [1.165, 1.54) is 18.2 Å². The van der Waals surface area contributed by atoms with Gasteiger partial charge >= 0.3 is 5.97 Å². The van der Waals surface area contributed by atoms with E-state index in [0.717, 1.165) is 0 Å². The molecule has 0 aliphatic carbocycles. The first-order valence-electron chi connectivity index (χ1n) is 5.74. The summed E-state index contributed by atoms with van der Waals surface area (Å²) in [7, 11) is 0. The van der Waals surface area contributed by atoms with Gasteiger partial charge in [0.1, 0.15) is 11.7 Å². The molecule has 6 nitrogen and oxygen atoms in total. The molecule has 19 heavy (non-hydrogen) atoms. The van der Waals surface area contributed by atoms with Crippen LogP contribution in [0.1, 0.15) is 20.3 Å². The fourth-order valence-corrected chi connectivity index (χ4v) is 1.82. The Bertz CT molecular complexity index is 491. The Hall–Kier alpha value is -1.82. The predicted molar refractivity (Wildman–Crippen MR) is 72.6 cm³/mol. The second-order valence-corrected chi connectivity index (χ2v) is 5.02. The van der Waals surface area contributed by atoms with Crippen LogP contribution in [0.5, 0.6) is 0 Å². The number of benzene rings is 1. The maximum Gasteiger partial charge on any atom is 0.326 e. The Kier molecular flexibility index (Phi) is 5.11. The molecule has 1 unspecified atom stereocenters. The van der Waals surface area contributed by atoms with Crippen molar-refractivity contribution in [3.63, 3.8) is 0 Å². The highest BCUT2D eigenvalue weighted by Crippen LogP contribution is 2.29. The first kappa shape index (κ1) is 15.2. The van der Waals surface area contributed by atoms with Gasteiger partial charge in [-0.3, -0.25) is 10.1 Å². The molecule has 0 saturated carbocycles. The predicted octanol–water partition coefficient (Wildman–Crippen LogP) is 3.16. The van der Waals surface area contributed by atoms with Crippen LogP contribution in [0.15, 0.2) is 18.2 Å². The molecule has 0 radical (unpaired) electrons. The number of hydrogen-bond donors (Lipinski definition) is 2. The number of anilines is 1. The van der Waals surface area contributed by atoms with Crippen molar-refractivity contribution in [2.24, 2.45) is 5.92 Å². The summed E-state index contributed by atoms with van der Waals surface area (Å²) in [4.78, 5) is 21.4. The first-order chi connectivity index (χ1) is 8.81. The van der Waals surface area contributed by atoms with Gasteiger partial charge in [-0.1, -0.05) is 25.4 Å². The highest BCUT2D eigenvalue weighted by Gasteiger charge is 2.23. The minimum Gasteiger partial charge on any atom is -0.480 e. The largest absolute Gasteiger partial charge is 0.480 e. The monoisotopic (exact) mass is 286 g/mol. The number of carboxylic acid groups (broad SMARTS) is 1. The number of nitro benzene ring substituents is 1. The number of carboxylic acids is 1. The number of nitrogens with one attached hydrogen (secondary N) is 1. The third-order valence-electron chi connectivity index (χ3n) is 2.49. The van der Waals surface area contributed by atoms with Crippen LogP contribution in [-0.4, -0.2) is 22.0 Å². The van der Waals surface area contributed by atoms with Gasteiger partial charge in [-0.25, -0.2) is 4.79 Å². The van der Waals surface area contributed by atoms with E-state index >= 15 is 0 Å². The summed E-state index contributed by atoms with van der Waals surface area (Å²) in [5, 5.41) is 22.9. The second kappa shape index (κ2) is 6.38. The van der Waals surface area contributed by atoms with E-state index in [9.17, 15) is 14.9 Å². The highest BCUT2D eigenvalue weighted by molar-refractivity contribution is 6.30. The molecule has 0 fully saturated rings. The molecule has 0 aliphatic heterocycles. The number of nitrogens with zero attached hydrogens (tertiary/aromatic N) is 1. The molecular weight excluding hydrogens is 272 g/mol. The Morgan fingerprint density at radius 3 is 2.63 bits per heavy atom. The van der Waals surface area contributed by atoms with Gasteiger partial charge in [0.15, 0.2) is 0 Å². The number of aliphatic carboxylic acids is 1. The maximum absolute atomic E-state index is 11.1. The molecular formula is C12H15ClN2O4. The van der Waals surface area contributed by atoms with E-state index in [0.29, 0.717) is 6.42 Å². The van der Waals surface area contributed by atoms with E-state index in [2.05, 4.69) is 5.32 Å². The van der Waals surface area contributed by atoms with Crippen molar-refractivity contribution < 1.29 is 14.8 Å². The van der Waals surface area contributed by atoms with Gasteiger partial charge in [0, 0.05) is 11.1 Å². The Labute approximate surface area is 115 Å². The number of rotatable bonds is 6. The quantitative estimate of drug-likeness (QED) is 0.619. The summed E-state index contributed by atoms with van der Waals surface area (Å²) in [5.41, 5.74) is -0.0787. The summed E-state index contributed by atoms with van der Waals surface area (Å²) in [6.07, 6.45) is 0.370. The van der Waals surface area contributed by atoms with Gasteiger partial charge in [-0.2, -0.15) is 0 Å². The lowest BCUT2D eigenvalue weighted by Crippen LogP contribution is -2.30. The van der Waals surface area contributed by atoms with Crippen molar-refractivity contribution in [1.82, 2.24) is 0 Å². The van der Waals surface area contributed by atoms with Gasteiger partial charge < -0.3 is 10.4 Å². The zero-order valence-electron chi connectivity index (χ0n) is 10.6. The van der Waals surface area contributed by atoms with E-state index in [1.807, 2.05) is 13.8 Å². The lowest BCUT2D eigenvalue weighted by Gasteiger charge is -2.17. The molecule has 7 heteroatoms. The summed E-state index contributed by atoms with van der Waals surface area (Å²) >= 11 is 5.70. The molecule has 1 rings (SSSR count). The first-order valence-corrected chi connectivity index (χ1v) is 6.12. The third-order valence-corrected chi connectivity index (χ3v) is 2.73. The van der Waals surface area contributed by atoms with Crippen LogP contribution in [0.25, 0.3) is 0 Å². The molecule has 0 saturated heterocycles. The molecule has 0 heterocycles. The van der Waals surface area contributed by atoms with Crippen molar-refractivity contribution in [3.8, 4) is 0 Å². The van der Waals surface area contributed by atoms with Gasteiger partial charge in [-0.05, 0) is 24.5 Å². The van der Waals surface area contributed by atoms with Gasteiger partial charge in [0.25, 0.3) is 5.69 Å². The van der Waals surface area contributed by atoms with Crippen LogP contribution < -0.4 is 5.32 Å². The molecule has 0 aromatic heterocycles. The number of halogens is 1. The summed E-state index contributed by atoms with van der Waals surface area (Å²) in [6.45, 7) is 3.77. The van der Waals surface area contributed by atoms with Crippen molar-refractivity contribution in [1.29, 1.82) is 0 Å². The minimum atomic E-state index is -1.04. The summed E-state index contributed by atoms with van der Waals surface area (Å²) < 4.78 is 0. The molecule has 1 aromatic rings. The SMILES string of the molecule is CC(C)CC(Nc1ccc(Cl)cc1[N+](=O)[O-])C(=O)O. The van der Waals surface area contributed by atoms with Crippen molar-refractivity contribution >= 4 is 28.9 Å². The van der Waals surface area contributed by atoms with Crippen molar-refractivity contribution in [2.45, 2.75) is 26.3 Å². The highest BCUT2D eigenvalue weighted by atomic mass is 35.5. The van der Waals surface area contributed by atoms with Crippen LogP contribution in [-0.2, 0) is 4.79 Å². The van der Waals surface area contributed by atoms with E-state index in [-0.39, 0.29) is 22.3 Å². The lowest BCUT2D eigenvalue weighted by molar-refractivity contribution is -0.384. The molecule has 0 amide bonds. The third kappa shape index (κ3) is 4.40. The van der Waals surface area contributed by atoms with Gasteiger partial charge in [0.2, 0.25) is 0 Å². The standard InChI is InChI=1S/C12H15ClN2O4/c1-7(2)5-10(12(16)17)14-9-4-3-8(13)6-11(9)15(18)19/h3-4,6-7,10,14H,5H2,1-2H3,(H,16,17). The van der Waals surface area contributed by atoms with Crippen molar-refractivity contribution in [2.75, 3.05) is 5.32 Å². The fraction of sp³-hybridized carbons (Fsp3) is 0.417. The summed E-state index contributed by atoms with van der Waals surface area (Å²) in [6, 6.07) is 3.21. The lowest BCUT2D eigenvalue weighted by atomic mass is 10.0. The van der Waals surface area contributed by atoms with Crippen LogP contribution in [0, 0.1) is 16.0 Å². The molecule has 1 atom stereocenters. The Morgan fingerprint density at radius 1 is 1.53 bits per heavy atom. The molecule has 1 aromatic carbocycles. The maximum atomic E-state index is 11.1. The molecule has 0 bridgehead atoms. The molecule has 104 valence electrons. The van der Waals surface area contributed by atoms with Crippen molar-refractivity contribution in [3.05, 3.63) is 33.3 Å². The van der Waals surface area contributed by atoms with Crippen LogP contribution >= 0.6 is 11.6 Å². The summed E-state index contributed by atoms with van der Waals surface area (Å²) in [5.74, 6) is -0.891. The smallest absolute Gasteiger partial charge is 0.326 e. The molecule has 0 aliphatic rings. The van der Waals surface area contributed by atoms with Crippen LogP contribution in [0.3, 0.4) is 0 Å².